The third-order valence-electron chi connectivity index (χ3n) is 5.90. The van der Waals surface area contributed by atoms with Crippen molar-refractivity contribution in [2.24, 2.45) is 11.8 Å². The summed E-state index contributed by atoms with van der Waals surface area (Å²) < 4.78 is 0. The number of amides is 1. The number of likely N-dealkylation sites (tertiary alicyclic amines) is 1. The van der Waals surface area contributed by atoms with E-state index in [1.54, 1.807) is 0 Å². The van der Waals surface area contributed by atoms with E-state index in [1.165, 1.54) is 5.56 Å². The highest BCUT2D eigenvalue weighted by atomic mass is 16.4. The number of rotatable bonds is 3. The molecule has 4 nitrogen and oxygen atoms in total. The van der Waals surface area contributed by atoms with Gasteiger partial charge in [0.1, 0.15) is 0 Å². The van der Waals surface area contributed by atoms with Crippen molar-refractivity contribution in [2.75, 3.05) is 13.1 Å². The van der Waals surface area contributed by atoms with Crippen LogP contribution in [0.4, 0.5) is 0 Å². The number of nitrogens with zero attached hydrogens (tertiary/aromatic N) is 1. The van der Waals surface area contributed by atoms with Crippen LogP contribution in [0.3, 0.4) is 0 Å². The van der Waals surface area contributed by atoms with Crippen molar-refractivity contribution >= 4 is 11.9 Å². The average Bonchev–Trinajstić information content (AvgIpc) is 2.62. The van der Waals surface area contributed by atoms with Gasteiger partial charge < -0.3 is 10.0 Å². The fraction of sp³-hybridized carbons (Fsp3) is 0.600. The van der Waals surface area contributed by atoms with E-state index >= 15 is 0 Å². The van der Waals surface area contributed by atoms with E-state index < -0.39 is 5.97 Å². The molecular weight excluding hydrogens is 302 g/mol. The Morgan fingerprint density at radius 2 is 1.71 bits per heavy atom. The maximum Gasteiger partial charge on any atom is 0.306 e. The van der Waals surface area contributed by atoms with Crippen molar-refractivity contribution < 1.29 is 14.7 Å². The van der Waals surface area contributed by atoms with Crippen LogP contribution in [0.1, 0.15) is 51.0 Å². The molecule has 3 rings (SSSR count). The number of hydrogen-bond donors (Lipinski definition) is 1. The molecule has 1 heterocycles. The van der Waals surface area contributed by atoms with E-state index in [0.717, 1.165) is 25.9 Å². The maximum absolute atomic E-state index is 12.9. The summed E-state index contributed by atoms with van der Waals surface area (Å²) in [5, 5.41) is 9.11. The molecule has 1 saturated carbocycles. The van der Waals surface area contributed by atoms with Crippen LogP contribution in [-0.4, -0.2) is 35.0 Å². The quantitative estimate of drug-likeness (QED) is 0.924. The molecule has 1 aliphatic heterocycles. The van der Waals surface area contributed by atoms with Gasteiger partial charge in [-0.05, 0) is 44.1 Å². The molecule has 2 fully saturated rings. The molecular formula is C20H27NO3. The van der Waals surface area contributed by atoms with Gasteiger partial charge in [0.2, 0.25) is 5.91 Å². The molecule has 1 saturated heterocycles. The van der Waals surface area contributed by atoms with Crippen molar-refractivity contribution in [1.82, 2.24) is 4.90 Å². The van der Waals surface area contributed by atoms with Crippen LogP contribution in [0, 0.1) is 11.8 Å². The predicted octanol–water partition coefficient (Wildman–Crippen LogP) is 3.46. The first-order valence-electron chi connectivity index (χ1n) is 9.07. The number of hydrogen-bond acceptors (Lipinski definition) is 2. The Morgan fingerprint density at radius 3 is 2.33 bits per heavy atom. The minimum Gasteiger partial charge on any atom is -0.481 e. The van der Waals surface area contributed by atoms with Gasteiger partial charge in [0.25, 0.3) is 0 Å². The van der Waals surface area contributed by atoms with E-state index in [-0.39, 0.29) is 23.2 Å². The second-order valence-electron chi connectivity index (χ2n) is 7.68. The van der Waals surface area contributed by atoms with Crippen LogP contribution in [0.5, 0.6) is 0 Å². The molecule has 1 aromatic carbocycles. The number of carboxylic acids is 1. The third kappa shape index (κ3) is 3.47. The lowest BCUT2D eigenvalue weighted by Gasteiger charge is -2.42. The zero-order valence-electron chi connectivity index (χ0n) is 14.4. The molecule has 1 amide bonds. The normalized spacial score (nSPS) is 30.8. The lowest BCUT2D eigenvalue weighted by atomic mass is 9.75. The van der Waals surface area contributed by atoms with Crippen LogP contribution < -0.4 is 0 Å². The summed E-state index contributed by atoms with van der Waals surface area (Å²) >= 11 is 0. The van der Waals surface area contributed by atoms with Gasteiger partial charge in [-0.25, -0.2) is 0 Å². The van der Waals surface area contributed by atoms with Crippen LogP contribution in [0.25, 0.3) is 0 Å². The molecule has 0 radical (unpaired) electrons. The molecule has 0 unspecified atom stereocenters. The van der Waals surface area contributed by atoms with E-state index in [0.29, 0.717) is 25.7 Å². The van der Waals surface area contributed by atoms with Gasteiger partial charge in [-0.3, -0.25) is 9.59 Å². The minimum absolute atomic E-state index is 0.0127. The number of piperidine rings is 1. The first kappa shape index (κ1) is 17.0. The number of carboxylic acid groups (broad SMARTS) is 1. The standard InChI is InChI=1S/C20H27NO3/c1-20(17-6-3-2-4-7-17)12-5-13-21(14-20)18(22)15-8-10-16(11-9-15)19(23)24/h2-4,6-7,15-16H,5,8-14H2,1H3,(H,23,24)/t15?,16?,20-/m1/s1. The Labute approximate surface area is 143 Å². The minimum atomic E-state index is -0.712. The van der Waals surface area contributed by atoms with Crippen LogP contribution >= 0.6 is 0 Å². The number of aliphatic carboxylic acids is 1. The van der Waals surface area contributed by atoms with Crippen molar-refractivity contribution in [2.45, 2.75) is 50.9 Å². The zero-order valence-corrected chi connectivity index (χ0v) is 14.4. The van der Waals surface area contributed by atoms with Gasteiger partial charge in [0, 0.05) is 24.4 Å². The van der Waals surface area contributed by atoms with Crippen molar-refractivity contribution in [3.8, 4) is 0 Å². The molecule has 0 bridgehead atoms. The fourth-order valence-electron chi connectivity index (χ4n) is 4.35. The summed E-state index contributed by atoms with van der Waals surface area (Å²) in [7, 11) is 0. The second kappa shape index (κ2) is 6.96. The smallest absolute Gasteiger partial charge is 0.306 e. The third-order valence-corrected chi connectivity index (χ3v) is 5.90. The highest BCUT2D eigenvalue weighted by Gasteiger charge is 2.38. The van der Waals surface area contributed by atoms with Gasteiger partial charge in [0.05, 0.1) is 5.92 Å². The topological polar surface area (TPSA) is 57.6 Å². The largest absolute Gasteiger partial charge is 0.481 e. The first-order chi connectivity index (χ1) is 11.5. The van der Waals surface area contributed by atoms with Gasteiger partial charge >= 0.3 is 5.97 Å². The number of carbonyl (C=O) groups is 2. The maximum atomic E-state index is 12.9. The lowest BCUT2D eigenvalue weighted by molar-refractivity contribution is -0.146. The Kier molecular flexibility index (Phi) is 4.93. The Hall–Kier alpha value is -1.84. The Morgan fingerprint density at radius 1 is 1.08 bits per heavy atom. The summed E-state index contributed by atoms with van der Waals surface area (Å²) in [6, 6.07) is 10.5. The molecule has 1 atom stereocenters. The van der Waals surface area contributed by atoms with E-state index in [4.69, 9.17) is 5.11 Å². The molecule has 24 heavy (non-hydrogen) atoms. The van der Waals surface area contributed by atoms with Gasteiger partial charge in [0.15, 0.2) is 0 Å². The summed E-state index contributed by atoms with van der Waals surface area (Å²) in [5.74, 6) is -0.722. The average molecular weight is 329 g/mol. The Bertz CT molecular complexity index is 592. The molecule has 1 N–H and O–H groups in total. The fourth-order valence-corrected chi connectivity index (χ4v) is 4.35. The van der Waals surface area contributed by atoms with Gasteiger partial charge in [-0.1, -0.05) is 37.3 Å². The highest BCUT2D eigenvalue weighted by molar-refractivity contribution is 5.79. The SMILES string of the molecule is C[C@@]1(c2ccccc2)CCCN(C(=O)C2CCC(C(=O)O)CC2)C1. The summed E-state index contributed by atoms with van der Waals surface area (Å²) in [6.07, 6.45) is 4.84. The number of benzene rings is 1. The van der Waals surface area contributed by atoms with E-state index in [2.05, 4.69) is 31.2 Å². The second-order valence-corrected chi connectivity index (χ2v) is 7.68. The van der Waals surface area contributed by atoms with Crippen molar-refractivity contribution in [3.63, 3.8) is 0 Å². The number of carbonyl (C=O) groups excluding carboxylic acids is 1. The Balaban J connectivity index is 1.65. The van der Waals surface area contributed by atoms with Gasteiger partial charge in [-0.15, -0.1) is 0 Å². The molecule has 1 aromatic rings. The first-order valence-corrected chi connectivity index (χ1v) is 9.07. The van der Waals surface area contributed by atoms with Gasteiger partial charge in [-0.2, -0.15) is 0 Å². The van der Waals surface area contributed by atoms with Crippen molar-refractivity contribution in [1.29, 1.82) is 0 Å². The summed E-state index contributed by atoms with van der Waals surface area (Å²) in [6.45, 7) is 3.86. The lowest BCUT2D eigenvalue weighted by Crippen LogP contribution is -2.49. The highest BCUT2D eigenvalue weighted by Crippen LogP contribution is 2.36. The molecule has 4 heteroatoms. The van der Waals surface area contributed by atoms with E-state index in [1.807, 2.05) is 11.0 Å². The van der Waals surface area contributed by atoms with Crippen LogP contribution in [0.2, 0.25) is 0 Å². The summed E-state index contributed by atoms with van der Waals surface area (Å²) in [4.78, 5) is 26.0. The molecule has 0 aromatic heterocycles. The van der Waals surface area contributed by atoms with E-state index in [9.17, 15) is 9.59 Å². The zero-order chi connectivity index (χ0) is 17.2. The molecule has 1 aliphatic carbocycles. The summed E-state index contributed by atoms with van der Waals surface area (Å²) in [5.41, 5.74) is 1.32. The van der Waals surface area contributed by atoms with Crippen LogP contribution in [0.15, 0.2) is 30.3 Å². The van der Waals surface area contributed by atoms with Crippen molar-refractivity contribution in [3.05, 3.63) is 35.9 Å². The predicted molar refractivity (Wildman–Crippen MR) is 92.7 cm³/mol. The monoisotopic (exact) mass is 329 g/mol. The van der Waals surface area contributed by atoms with Crippen LogP contribution in [-0.2, 0) is 15.0 Å². The molecule has 130 valence electrons. The molecule has 0 spiro atoms. The molecule has 2 aliphatic rings.